The van der Waals surface area contributed by atoms with Crippen molar-refractivity contribution >= 4 is 53.5 Å². The minimum Gasteiger partial charge on any atom is -0.480 e. The molecule has 3 amide bonds. The normalized spacial score (nSPS) is 27.0. The van der Waals surface area contributed by atoms with Crippen LogP contribution in [0.15, 0.2) is 30.3 Å². The highest BCUT2D eigenvalue weighted by Gasteiger charge is 2.50. The molecule has 412 valence electrons. The van der Waals surface area contributed by atoms with E-state index in [4.69, 9.17) is 9.47 Å². The van der Waals surface area contributed by atoms with Crippen LogP contribution in [0.1, 0.15) is 149 Å². The molecule has 2 saturated carbocycles. The third kappa shape index (κ3) is 15.2. The lowest BCUT2D eigenvalue weighted by atomic mass is 9.84. The summed E-state index contributed by atoms with van der Waals surface area (Å²) in [6, 6.07) is 3.79. The summed E-state index contributed by atoms with van der Waals surface area (Å²) in [7, 11) is 0. The van der Waals surface area contributed by atoms with Crippen LogP contribution in [0.3, 0.4) is 0 Å². The standard InChI is InChI=1S/C19H32N2O5.C17H20N2O5.C17H28N2O5/c1-4-8-14(19(25)26-5-2)20-12(3)17(22)21-15-10-7-6-9-13(15)11-16(21)18(23)24;20-15-14(24-17(23)13-7-4-10-19(13)15)18-12(16(21)22)9-8-11-5-2-1-3-6-11;1-3-6-12(16(21)22)18-10(2)15(20)19-13-8-5-4-7-11(13)9-14(19)17(23)24/h12-16,20H,4-11H2,1-3H3,(H,23,24);1-3,5-6,12-14,18H,4,7-10H2,(H,21,22);10-14,18H,3-9H2,1-2H3,(H,21,22)(H,23,24)/t;12-,13-,14-;/m.0./s1. The van der Waals surface area contributed by atoms with Crippen molar-refractivity contribution in [3.8, 4) is 0 Å². The lowest BCUT2D eigenvalue weighted by Gasteiger charge is -2.35. The number of hydrogen-bond donors (Lipinski definition) is 7. The Morgan fingerprint density at radius 1 is 0.662 bits per heavy atom. The molecule has 2 aliphatic carbocycles. The predicted molar refractivity (Wildman–Crippen MR) is 268 cm³/mol. The van der Waals surface area contributed by atoms with Crippen LogP contribution in [0.2, 0.25) is 0 Å². The molecular weight excluding hydrogens is 961 g/mol. The summed E-state index contributed by atoms with van der Waals surface area (Å²) in [6.07, 6.45) is 12.4. The van der Waals surface area contributed by atoms with Gasteiger partial charge in [0.05, 0.1) is 18.7 Å². The maximum Gasteiger partial charge on any atom is 0.330 e. The van der Waals surface area contributed by atoms with Gasteiger partial charge in [-0.1, -0.05) is 82.7 Å². The third-order valence-electron chi connectivity index (χ3n) is 15.4. The van der Waals surface area contributed by atoms with Crippen LogP contribution in [-0.2, 0) is 59.0 Å². The Labute approximate surface area is 433 Å². The van der Waals surface area contributed by atoms with Crippen LogP contribution in [0.4, 0.5) is 0 Å². The van der Waals surface area contributed by atoms with E-state index in [-0.39, 0.29) is 47.6 Å². The number of carboxylic acid groups (broad SMARTS) is 4. The zero-order chi connectivity index (χ0) is 54.2. The molecule has 6 aliphatic rings. The number of nitrogens with zero attached hydrogens (tertiary/aromatic N) is 3. The van der Waals surface area contributed by atoms with Crippen LogP contribution in [-0.4, -0.2) is 168 Å². The van der Waals surface area contributed by atoms with Crippen molar-refractivity contribution in [2.45, 2.75) is 217 Å². The van der Waals surface area contributed by atoms with E-state index in [1.54, 1.807) is 25.7 Å². The van der Waals surface area contributed by atoms with Gasteiger partial charge >= 0.3 is 35.8 Å². The number of carbonyl (C=O) groups excluding carboxylic acids is 5. The molecule has 4 heterocycles. The fraction of sp³-hybridized carbons (Fsp3) is 0.717. The van der Waals surface area contributed by atoms with Gasteiger partial charge in [0, 0.05) is 18.6 Å². The number of hydrogen-bond acceptors (Lipinski definition) is 14. The number of fused-ring (bicyclic) bond motifs is 3. The molecule has 7 rings (SSSR count). The molecule has 21 heteroatoms. The quantitative estimate of drug-likeness (QED) is 0.0858. The van der Waals surface area contributed by atoms with Gasteiger partial charge in [0.25, 0.3) is 5.91 Å². The third-order valence-corrected chi connectivity index (χ3v) is 15.4. The van der Waals surface area contributed by atoms with Gasteiger partial charge in [-0.3, -0.25) is 44.7 Å². The monoisotopic (exact) mass is 1040 g/mol. The Morgan fingerprint density at radius 2 is 1.16 bits per heavy atom. The Bertz CT molecular complexity index is 2110. The Kier molecular flexibility index (Phi) is 22.6. The summed E-state index contributed by atoms with van der Waals surface area (Å²) in [5.74, 6) is -5.12. The number of likely N-dealkylation sites (tertiary alicyclic amines) is 2. The second-order valence-electron chi connectivity index (χ2n) is 20.5. The Hall–Kier alpha value is -5.67. The van der Waals surface area contributed by atoms with Crippen molar-refractivity contribution in [3.05, 3.63) is 35.9 Å². The minimum absolute atomic E-state index is 0.00817. The van der Waals surface area contributed by atoms with Crippen LogP contribution >= 0.6 is 0 Å². The summed E-state index contributed by atoms with van der Waals surface area (Å²) in [4.78, 5) is 113. The second kappa shape index (κ2) is 28.3. The average molecular weight is 1040 g/mol. The molecular formula is C53H80N6O15. The molecule has 7 N–H and O–H groups in total. The number of ether oxygens (including phenoxy) is 2. The highest BCUT2D eigenvalue weighted by Crippen LogP contribution is 2.41. The van der Waals surface area contributed by atoms with Crippen molar-refractivity contribution < 1.29 is 73.1 Å². The zero-order valence-corrected chi connectivity index (χ0v) is 43.7. The van der Waals surface area contributed by atoms with Gasteiger partial charge in [-0.2, -0.15) is 0 Å². The van der Waals surface area contributed by atoms with E-state index < -0.39 is 84.4 Å². The maximum atomic E-state index is 13.1. The number of carboxylic acids is 4. The van der Waals surface area contributed by atoms with Gasteiger partial charge in [-0.15, -0.1) is 0 Å². The predicted octanol–water partition coefficient (Wildman–Crippen LogP) is 3.94. The molecule has 0 bridgehead atoms. The van der Waals surface area contributed by atoms with Crippen molar-refractivity contribution in [1.82, 2.24) is 30.7 Å². The summed E-state index contributed by atoms with van der Waals surface area (Å²) in [5, 5.41) is 46.4. The number of nitrogens with one attached hydrogen (secondary N) is 3. The van der Waals surface area contributed by atoms with E-state index in [0.717, 1.165) is 69.8 Å². The number of aryl methyl sites for hydroxylation is 1. The summed E-state index contributed by atoms with van der Waals surface area (Å²) >= 11 is 0. The Morgan fingerprint density at radius 3 is 1.65 bits per heavy atom. The smallest absolute Gasteiger partial charge is 0.330 e. The molecule has 0 radical (unpaired) electrons. The number of benzene rings is 1. The van der Waals surface area contributed by atoms with Crippen LogP contribution < -0.4 is 16.0 Å². The van der Waals surface area contributed by atoms with E-state index in [2.05, 4.69) is 16.0 Å². The van der Waals surface area contributed by atoms with Crippen molar-refractivity contribution in [3.63, 3.8) is 0 Å². The number of esters is 2. The number of cyclic esters (lactones) is 1. The molecule has 10 unspecified atom stereocenters. The highest BCUT2D eigenvalue weighted by molar-refractivity contribution is 5.93. The molecule has 0 aromatic heterocycles. The summed E-state index contributed by atoms with van der Waals surface area (Å²) < 4.78 is 10.2. The lowest BCUT2D eigenvalue weighted by molar-refractivity contribution is -0.179. The van der Waals surface area contributed by atoms with Crippen molar-refractivity contribution in [1.29, 1.82) is 0 Å². The highest BCUT2D eigenvalue weighted by atomic mass is 16.6. The number of carbonyl (C=O) groups is 9. The van der Waals surface area contributed by atoms with Gasteiger partial charge in [0.1, 0.15) is 36.3 Å². The van der Waals surface area contributed by atoms with E-state index in [0.29, 0.717) is 64.5 Å². The van der Waals surface area contributed by atoms with E-state index in [1.165, 1.54) is 9.80 Å². The molecule has 13 atom stereocenters. The molecule has 1 aromatic carbocycles. The fourth-order valence-corrected chi connectivity index (χ4v) is 11.7. The van der Waals surface area contributed by atoms with Crippen LogP contribution in [0.25, 0.3) is 0 Å². The summed E-state index contributed by atoms with van der Waals surface area (Å²) in [6.45, 7) is 9.74. The topological polar surface area (TPSA) is 299 Å². The zero-order valence-electron chi connectivity index (χ0n) is 43.7. The molecule has 4 aliphatic heterocycles. The molecule has 4 saturated heterocycles. The minimum atomic E-state index is -1.22. The van der Waals surface area contributed by atoms with E-state index in [9.17, 15) is 63.6 Å². The van der Waals surface area contributed by atoms with Crippen molar-refractivity contribution in [2.75, 3.05) is 13.2 Å². The number of morpholine rings is 1. The van der Waals surface area contributed by atoms with Crippen LogP contribution in [0, 0.1) is 11.8 Å². The van der Waals surface area contributed by atoms with E-state index in [1.807, 2.05) is 44.2 Å². The maximum absolute atomic E-state index is 13.1. The first kappa shape index (κ1) is 59.2. The average Bonchev–Trinajstić information content (AvgIpc) is 4.14. The van der Waals surface area contributed by atoms with Gasteiger partial charge < -0.3 is 44.6 Å². The van der Waals surface area contributed by atoms with E-state index >= 15 is 0 Å². The lowest BCUT2D eigenvalue weighted by Crippen LogP contribution is -2.60. The van der Waals surface area contributed by atoms with Crippen molar-refractivity contribution in [2.24, 2.45) is 11.8 Å². The fourth-order valence-electron chi connectivity index (χ4n) is 11.7. The number of aliphatic carboxylic acids is 4. The molecule has 74 heavy (non-hydrogen) atoms. The molecule has 0 spiro atoms. The first-order chi connectivity index (χ1) is 35.3. The molecule has 6 fully saturated rings. The SMILES string of the molecule is CCCC(NC(C)C(=O)N1C(C(=O)O)CC2CCCCC21)C(=O)O.CCCC(NC(C)C(=O)N1C(C(=O)O)CC2CCCCC21)C(=O)OCC.O=C(O)[C@H](CCc1ccccc1)N[C@H]1OC(=O)[C@@H]2CCCN2C1=O. The van der Waals surface area contributed by atoms with Gasteiger partial charge in [-0.05, 0) is 115 Å². The Balaban J connectivity index is 0.000000206. The van der Waals surface area contributed by atoms with Gasteiger partial charge in [0.15, 0.2) is 0 Å². The molecule has 21 nitrogen and oxygen atoms in total. The largest absolute Gasteiger partial charge is 0.480 e. The first-order valence-corrected chi connectivity index (χ1v) is 26.9. The first-order valence-electron chi connectivity index (χ1n) is 26.9. The number of rotatable bonds is 21. The number of amides is 3. The van der Waals surface area contributed by atoms with Gasteiger partial charge in [0.2, 0.25) is 18.0 Å². The summed E-state index contributed by atoms with van der Waals surface area (Å²) in [5.41, 5.74) is 1.01. The van der Waals surface area contributed by atoms with Crippen LogP contribution in [0.5, 0.6) is 0 Å². The molecule has 1 aromatic rings. The second-order valence-corrected chi connectivity index (χ2v) is 20.5. The van der Waals surface area contributed by atoms with Gasteiger partial charge in [-0.25, -0.2) is 14.4 Å².